The predicted octanol–water partition coefficient (Wildman–Crippen LogP) is 2.71. The average Bonchev–Trinajstić information content (AvgIpc) is 3.01. The van der Waals surface area contributed by atoms with E-state index in [0.717, 1.165) is 28.4 Å². The van der Waals surface area contributed by atoms with Crippen LogP contribution >= 0.6 is 11.3 Å². The lowest BCUT2D eigenvalue weighted by Crippen LogP contribution is -2.48. The summed E-state index contributed by atoms with van der Waals surface area (Å²) < 4.78 is 0. The number of carbonyl (C=O) groups excluding carboxylic acids is 1. The highest BCUT2D eigenvalue weighted by Crippen LogP contribution is 2.18. The topological polar surface area (TPSA) is 60.9 Å². The summed E-state index contributed by atoms with van der Waals surface area (Å²) in [6.07, 6.45) is 0. The van der Waals surface area contributed by atoms with Gasteiger partial charge in [0, 0.05) is 37.6 Å². The molecular weight excluding hydrogens is 324 g/mol. The second-order valence-electron chi connectivity index (χ2n) is 5.98. The zero-order valence-corrected chi connectivity index (χ0v) is 14.4. The Morgan fingerprint density at radius 2 is 1.88 bits per heavy atom. The number of thiophene rings is 1. The van der Waals surface area contributed by atoms with Gasteiger partial charge in [0.15, 0.2) is 0 Å². The SMILES string of the molecule is Cc1ccc(C(=O)N2CCN(Cc3cccc(C(=O)O)c3)CC2)s1. The molecule has 6 heteroatoms. The minimum atomic E-state index is -0.904. The van der Waals surface area contributed by atoms with Gasteiger partial charge in [-0.3, -0.25) is 9.69 Å². The summed E-state index contributed by atoms with van der Waals surface area (Å²) in [6.45, 7) is 5.72. The summed E-state index contributed by atoms with van der Waals surface area (Å²) in [5.74, 6) is -0.792. The molecule has 1 aromatic heterocycles. The van der Waals surface area contributed by atoms with Crippen molar-refractivity contribution in [1.82, 2.24) is 9.80 Å². The number of piperazine rings is 1. The first-order valence-electron chi connectivity index (χ1n) is 7.93. The molecule has 3 rings (SSSR count). The number of rotatable bonds is 4. The number of carboxylic acids is 1. The highest BCUT2D eigenvalue weighted by Gasteiger charge is 2.23. The van der Waals surface area contributed by atoms with Crippen LogP contribution in [-0.4, -0.2) is 53.0 Å². The van der Waals surface area contributed by atoms with E-state index in [1.54, 1.807) is 18.2 Å². The van der Waals surface area contributed by atoms with Crippen LogP contribution in [0.25, 0.3) is 0 Å². The van der Waals surface area contributed by atoms with E-state index in [9.17, 15) is 9.59 Å². The Labute approximate surface area is 145 Å². The molecule has 1 amide bonds. The van der Waals surface area contributed by atoms with Gasteiger partial charge in [0.2, 0.25) is 0 Å². The standard InChI is InChI=1S/C18H20N2O3S/c1-13-5-6-16(24-13)17(21)20-9-7-19(8-10-20)12-14-3-2-4-15(11-14)18(22)23/h2-6,11H,7-10,12H2,1H3,(H,22,23). The van der Waals surface area contributed by atoms with Crippen LogP contribution in [0.2, 0.25) is 0 Å². The van der Waals surface area contributed by atoms with Gasteiger partial charge in [0.1, 0.15) is 0 Å². The highest BCUT2D eigenvalue weighted by atomic mass is 32.1. The fraction of sp³-hybridized carbons (Fsp3) is 0.333. The number of hydrogen-bond donors (Lipinski definition) is 1. The first-order valence-corrected chi connectivity index (χ1v) is 8.75. The van der Waals surface area contributed by atoms with Gasteiger partial charge in [-0.1, -0.05) is 12.1 Å². The van der Waals surface area contributed by atoms with Gasteiger partial charge in [-0.15, -0.1) is 11.3 Å². The van der Waals surface area contributed by atoms with Crippen LogP contribution in [-0.2, 0) is 6.54 Å². The molecular formula is C18H20N2O3S. The van der Waals surface area contributed by atoms with Crippen LogP contribution in [0, 0.1) is 6.92 Å². The number of hydrogen-bond acceptors (Lipinski definition) is 4. The van der Waals surface area contributed by atoms with E-state index in [0.29, 0.717) is 25.2 Å². The molecule has 0 spiro atoms. The number of benzene rings is 1. The van der Waals surface area contributed by atoms with Crippen molar-refractivity contribution < 1.29 is 14.7 Å². The number of aromatic carboxylic acids is 1. The van der Waals surface area contributed by atoms with E-state index in [1.165, 1.54) is 11.3 Å². The van der Waals surface area contributed by atoms with E-state index < -0.39 is 5.97 Å². The second kappa shape index (κ2) is 7.15. The lowest BCUT2D eigenvalue weighted by Gasteiger charge is -2.34. The van der Waals surface area contributed by atoms with E-state index in [-0.39, 0.29) is 5.91 Å². The lowest BCUT2D eigenvalue weighted by atomic mass is 10.1. The summed E-state index contributed by atoms with van der Waals surface area (Å²) in [5.41, 5.74) is 1.30. The second-order valence-corrected chi connectivity index (χ2v) is 7.27. The molecule has 1 fully saturated rings. The molecule has 0 saturated carbocycles. The van der Waals surface area contributed by atoms with Gasteiger partial charge in [0.25, 0.3) is 5.91 Å². The Morgan fingerprint density at radius 3 is 2.50 bits per heavy atom. The molecule has 2 heterocycles. The number of carboxylic acid groups (broad SMARTS) is 1. The zero-order chi connectivity index (χ0) is 17.1. The number of carbonyl (C=O) groups is 2. The summed E-state index contributed by atoms with van der Waals surface area (Å²) in [4.78, 5) is 29.6. The number of nitrogens with zero attached hydrogens (tertiary/aromatic N) is 2. The third-order valence-corrected chi connectivity index (χ3v) is 5.18. The van der Waals surface area contributed by atoms with Gasteiger partial charge in [0.05, 0.1) is 10.4 Å². The van der Waals surface area contributed by atoms with Gasteiger partial charge < -0.3 is 10.0 Å². The van der Waals surface area contributed by atoms with Crippen LogP contribution in [0.1, 0.15) is 30.5 Å². The minimum absolute atomic E-state index is 0.112. The molecule has 2 aromatic rings. The summed E-state index contributed by atoms with van der Waals surface area (Å²) in [6, 6.07) is 10.9. The fourth-order valence-electron chi connectivity index (χ4n) is 2.88. The predicted molar refractivity (Wildman–Crippen MR) is 93.6 cm³/mol. The van der Waals surface area contributed by atoms with Gasteiger partial charge >= 0.3 is 5.97 Å². The van der Waals surface area contributed by atoms with Gasteiger partial charge in [-0.05, 0) is 36.8 Å². The van der Waals surface area contributed by atoms with E-state index in [4.69, 9.17) is 5.11 Å². The molecule has 1 saturated heterocycles. The summed E-state index contributed by atoms with van der Waals surface area (Å²) in [5, 5.41) is 9.06. The number of aryl methyl sites for hydroxylation is 1. The molecule has 1 aliphatic heterocycles. The Hall–Kier alpha value is -2.18. The monoisotopic (exact) mass is 344 g/mol. The quantitative estimate of drug-likeness (QED) is 0.926. The van der Waals surface area contributed by atoms with Crippen LogP contribution in [0.5, 0.6) is 0 Å². The third-order valence-electron chi connectivity index (χ3n) is 4.19. The molecule has 0 radical (unpaired) electrons. The van der Waals surface area contributed by atoms with Crippen molar-refractivity contribution in [2.45, 2.75) is 13.5 Å². The largest absolute Gasteiger partial charge is 0.478 e. The van der Waals surface area contributed by atoms with Crippen LogP contribution in [0.3, 0.4) is 0 Å². The normalized spacial score (nSPS) is 15.5. The van der Waals surface area contributed by atoms with Crippen LogP contribution < -0.4 is 0 Å². The van der Waals surface area contributed by atoms with Crippen molar-refractivity contribution in [3.05, 3.63) is 57.3 Å². The van der Waals surface area contributed by atoms with Crippen molar-refractivity contribution in [1.29, 1.82) is 0 Å². The first-order chi connectivity index (χ1) is 11.5. The Morgan fingerprint density at radius 1 is 1.12 bits per heavy atom. The average molecular weight is 344 g/mol. The molecule has 0 aliphatic carbocycles. The minimum Gasteiger partial charge on any atom is -0.478 e. The molecule has 0 bridgehead atoms. The Kier molecular flexibility index (Phi) is 4.97. The van der Waals surface area contributed by atoms with Crippen molar-refractivity contribution in [3.63, 3.8) is 0 Å². The molecule has 24 heavy (non-hydrogen) atoms. The van der Waals surface area contributed by atoms with E-state index in [1.807, 2.05) is 30.0 Å². The maximum atomic E-state index is 12.5. The maximum Gasteiger partial charge on any atom is 0.335 e. The van der Waals surface area contributed by atoms with E-state index >= 15 is 0 Å². The van der Waals surface area contributed by atoms with E-state index in [2.05, 4.69) is 4.90 Å². The van der Waals surface area contributed by atoms with Crippen LogP contribution in [0.15, 0.2) is 36.4 Å². The summed E-state index contributed by atoms with van der Waals surface area (Å²) in [7, 11) is 0. The molecule has 5 nitrogen and oxygen atoms in total. The van der Waals surface area contributed by atoms with Crippen molar-refractivity contribution in [3.8, 4) is 0 Å². The van der Waals surface area contributed by atoms with Crippen molar-refractivity contribution >= 4 is 23.2 Å². The van der Waals surface area contributed by atoms with Gasteiger partial charge in [-0.2, -0.15) is 0 Å². The number of amides is 1. The third kappa shape index (κ3) is 3.83. The molecule has 1 aromatic carbocycles. The molecule has 1 N–H and O–H groups in total. The van der Waals surface area contributed by atoms with Crippen LogP contribution in [0.4, 0.5) is 0 Å². The molecule has 0 atom stereocenters. The lowest BCUT2D eigenvalue weighted by molar-refractivity contribution is 0.0630. The highest BCUT2D eigenvalue weighted by molar-refractivity contribution is 7.13. The Balaban J connectivity index is 1.56. The van der Waals surface area contributed by atoms with Gasteiger partial charge in [-0.25, -0.2) is 4.79 Å². The smallest absolute Gasteiger partial charge is 0.335 e. The summed E-state index contributed by atoms with van der Waals surface area (Å²) >= 11 is 1.54. The zero-order valence-electron chi connectivity index (χ0n) is 13.6. The van der Waals surface area contributed by atoms with Crippen molar-refractivity contribution in [2.24, 2.45) is 0 Å². The maximum absolute atomic E-state index is 12.5. The Bertz CT molecular complexity index is 748. The molecule has 0 unspecified atom stereocenters. The molecule has 126 valence electrons. The van der Waals surface area contributed by atoms with Crippen molar-refractivity contribution in [2.75, 3.05) is 26.2 Å². The molecule has 1 aliphatic rings. The fourth-order valence-corrected chi connectivity index (χ4v) is 3.71. The first kappa shape index (κ1) is 16.7.